The highest BCUT2D eigenvalue weighted by molar-refractivity contribution is 5.92. The van der Waals surface area contributed by atoms with Crippen LogP contribution in [0, 0.1) is 13.8 Å². The van der Waals surface area contributed by atoms with Crippen molar-refractivity contribution in [3.05, 3.63) is 70.8 Å². The number of carbonyl (C=O) groups is 2. The Balaban J connectivity index is 1.81. The molecule has 0 heterocycles. The van der Waals surface area contributed by atoms with E-state index in [0.29, 0.717) is 12.1 Å². The Morgan fingerprint density at radius 3 is 2.55 bits per heavy atom. The molecule has 0 fully saturated rings. The molecule has 0 spiro atoms. The fourth-order valence-corrected chi connectivity index (χ4v) is 2.08. The molecule has 2 rings (SSSR count). The van der Waals surface area contributed by atoms with Gasteiger partial charge in [0.15, 0.2) is 6.61 Å². The standard InChI is InChI=1S/C18H19NO3/c1-13-6-5-8-15(10-13)11-19-17(20)12-22-18(21)16-9-4-3-7-14(16)2/h3-10H,11-12H2,1-2H3,(H,19,20). The van der Waals surface area contributed by atoms with Crippen molar-refractivity contribution in [2.24, 2.45) is 0 Å². The molecular weight excluding hydrogens is 278 g/mol. The first-order chi connectivity index (χ1) is 10.6. The Morgan fingerprint density at radius 1 is 1.05 bits per heavy atom. The van der Waals surface area contributed by atoms with Crippen LogP contribution >= 0.6 is 0 Å². The van der Waals surface area contributed by atoms with Crippen LogP contribution in [-0.2, 0) is 16.1 Å². The first kappa shape index (κ1) is 15.8. The van der Waals surface area contributed by atoms with E-state index < -0.39 is 5.97 Å². The highest BCUT2D eigenvalue weighted by atomic mass is 16.5. The Hall–Kier alpha value is -2.62. The number of hydrogen-bond acceptors (Lipinski definition) is 3. The van der Waals surface area contributed by atoms with E-state index in [1.54, 1.807) is 12.1 Å². The van der Waals surface area contributed by atoms with Crippen LogP contribution in [0.2, 0.25) is 0 Å². The average Bonchev–Trinajstić information content (AvgIpc) is 2.51. The third kappa shape index (κ3) is 4.45. The monoisotopic (exact) mass is 297 g/mol. The Morgan fingerprint density at radius 2 is 1.82 bits per heavy atom. The van der Waals surface area contributed by atoms with E-state index >= 15 is 0 Å². The van der Waals surface area contributed by atoms with E-state index in [4.69, 9.17) is 4.74 Å². The number of ether oxygens (including phenoxy) is 1. The van der Waals surface area contributed by atoms with E-state index in [1.165, 1.54) is 0 Å². The summed E-state index contributed by atoms with van der Waals surface area (Å²) in [6.45, 7) is 3.96. The summed E-state index contributed by atoms with van der Waals surface area (Å²) >= 11 is 0. The molecule has 0 aliphatic heterocycles. The number of amides is 1. The number of carbonyl (C=O) groups excluding carboxylic acids is 2. The summed E-state index contributed by atoms with van der Waals surface area (Å²) in [6, 6.07) is 15.0. The van der Waals surface area contributed by atoms with Gasteiger partial charge in [-0.05, 0) is 31.0 Å². The maximum Gasteiger partial charge on any atom is 0.338 e. The molecule has 1 N–H and O–H groups in total. The average molecular weight is 297 g/mol. The largest absolute Gasteiger partial charge is 0.452 e. The zero-order valence-electron chi connectivity index (χ0n) is 12.8. The highest BCUT2D eigenvalue weighted by Crippen LogP contribution is 2.08. The molecule has 0 atom stereocenters. The van der Waals surface area contributed by atoms with E-state index in [-0.39, 0.29) is 12.5 Å². The Kier molecular flexibility index (Phi) is 5.31. The molecule has 0 aromatic heterocycles. The minimum absolute atomic E-state index is 0.279. The van der Waals surface area contributed by atoms with Gasteiger partial charge in [0.25, 0.3) is 5.91 Å². The number of aryl methyl sites for hydroxylation is 2. The SMILES string of the molecule is Cc1cccc(CNC(=O)COC(=O)c2ccccc2C)c1. The molecule has 0 saturated heterocycles. The van der Waals surface area contributed by atoms with Gasteiger partial charge in [-0.15, -0.1) is 0 Å². The van der Waals surface area contributed by atoms with Crippen molar-refractivity contribution in [1.29, 1.82) is 0 Å². The van der Waals surface area contributed by atoms with Crippen molar-refractivity contribution in [2.45, 2.75) is 20.4 Å². The van der Waals surface area contributed by atoms with Crippen LogP contribution in [0.3, 0.4) is 0 Å². The molecule has 0 aliphatic carbocycles. The third-order valence-corrected chi connectivity index (χ3v) is 3.27. The van der Waals surface area contributed by atoms with E-state index in [9.17, 15) is 9.59 Å². The third-order valence-electron chi connectivity index (χ3n) is 3.27. The molecule has 1 amide bonds. The van der Waals surface area contributed by atoms with Gasteiger partial charge < -0.3 is 10.1 Å². The summed E-state index contributed by atoms with van der Waals surface area (Å²) in [6.07, 6.45) is 0. The van der Waals surface area contributed by atoms with Crippen LogP contribution in [0.15, 0.2) is 48.5 Å². The Bertz CT molecular complexity index is 680. The van der Waals surface area contributed by atoms with Gasteiger partial charge >= 0.3 is 5.97 Å². The molecule has 0 unspecified atom stereocenters. The number of benzene rings is 2. The molecule has 2 aromatic rings. The molecule has 4 nitrogen and oxygen atoms in total. The highest BCUT2D eigenvalue weighted by Gasteiger charge is 2.11. The molecule has 0 radical (unpaired) electrons. The number of rotatable bonds is 5. The topological polar surface area (TPSA) is 55.4 Å². The van der Waals surface area contributed by atoms with E-state index in [1.807, 2.05) is 50.2 Å². The van der Waals surface area contributed by atoms with Crippen molar-refractivity contribution in [2.75, 3.05) is 6.61 Å². The molecular formula is C18H19NO3. The molecule has 22 heavy (non-hydrogen) atoms. The summed E-state index contributed by atoms with van der Waals surface area (Å²) in [5.41, 5.74) is 3.46. The molecule has 4 heteroatoms. The van der Waals surface area contributed by atoms with Gasteiger partial charge in [0.05, 0.1) is 5.56 Å². The summed E-state index contributed by atoms with van der Waals surface area (Å²) in [5, 5.41) is 2.73. The summed E-state index contributed by atoms with van der Waals surface area (Å²) in [7, 11) is 0. The lowest BCUT2D eigenvalue weighted by Crippen LogP contribution is -2.28. The van der Waals surface area contributed by atoms with Gasteiger partial charge in [-0.2, -0.15) is 0 Å². The van der Waals surface area contributed by atoms with Crippen LogP contribution in [0.5, 0.6) is 0 Å². The summed E-state index contributed by atoms with van der Waals surface area (Å²) < 4.78 is 5.03. The van der Waals surface area contributed by atoms with Crippen molar-refractivity contribution in [1.82, 2.24) is 5.32 Å². The zero-order chi connectivity index (χ0) is 15.9. The lowest BCUT2D eigenvalue weighted by molar-refractivity contribution is -0.124. The maximum absolute atomic E-state index is 11.9. The second-order valence-corrected chi connectivity index (χ2v) is 5.16. The minimum Gasteiger partial charge on any atom is -0.452 e. The summed E-state index contributed by atoms with van der Waals surface area (Å²) in [5.74, 6) is -0.799. The van der Waals surface area contributed by atoms with Gasteiger partial charge in [0.2, 0.25) is 0 Å². The molecule has 0 saturated carbocycles. The predicted molar refractivity (Wildman–Crippen MR) is 84.5 cm³/mol. The zero-order valence-corrected chi connectivity index (χ0v) is 12.8. The van der Waals surface area contributed by atoms with E-state index in [0.717, 1.165) is 16.7 Å². The van der Waals surface area contributed by atoms with Crippen molar-refractivity contribution < 1.29 is 14.3 Å². The fourth-order valence-electron chi connectivity index (χ4n) is 2.08. The van der Waals surface area contributed by atoms with Gasteiger partial charge in [-0.25, -0.2) is 4.79 Å². The lowest BCUT2D eigenvalue weighted by Gasteiger charge is -2.08. The molecule has 0 bridgehead atoms. The van der Waals surface area contributed by atoms with Crippen LogP contribution in [0.4, 0.5) is 0 Å². The van der Waals surface area contributed by atoms with Crippen molar-refractivity contribution in [3.8, 4) is 0 Å². The van der Waals surface area contributed by atoms with E-state index in [2.05, 4.69) is 5.32 Å². The van der Waals surface area contributed by atoms with Gasteiger partial charge in [0, 0.05) is 6.54 Å². The van der Waals surface area contributed by atoms with Gasteiger partial charge in [-0.3, -0.25) is 4.79 Å². The van der Waals surface area contributed by atoms with Crippen LogP contribution < -0.4 is 5.32 Å². The number of esters is 1. The van der Waals surface area contributed by atoms with Crippen molar-refractivity contribution in [3.63, 3.8) is 0 Å². The fraction of sp³-hybridized carbons (Fsp3) is 0.222. The van der Waals surface area contributed by atoms with Gasteiger partial charge in [0.1, 0.15) is 0 Å². The van der Waals surface area contributed by atoms with Crippen LogP contribution in [0.1, 0.15) is 27.0 Å². The molecule has 0 aliphatic rings. The Labute approximate surface area is 130 Å². The van der Waals surface area contributed by atoms with Crippen LogP contribution in [-0.4, -0.2) is 18.5 Å². The first-order valence-corrected chi connectivity index (χ1v) is 7.11. The molecule has 114 valence electrons. The minimum atomic E-state index is -0.483. The first-order valence-electron chi connectivity index (χ1n) is 7.11. The molecule has 2 aromatic carbocycles. The predicted octanol–water partition coefficient (Wildman–Crippen LogP) is 2.78. The number of hydrogen-bond donors (Lipinski definition) is 1. The van der Waals surface area contributed by atoms with Gasteiger partial charge in [-0.1, -0.05) is 48.0 Å². The second kappa shape index (κ2) is 7.41. The number of nitrogens with one attached hydrogen (secondary N) is 1. The smallest absolute Gasteiger partial charge is 0.338 e. The van der Waals surface area contributed by atoms with Crippen molar-refractivity contribution >= 4 is 11.9 Å². The van der Waals surface area contributed by atoms with Crippen LogP contribution in [0.25, 0.3) is 0 Å². The lowest BCUT2D eigenvalue weighted by atomic mass is 10.1. The second-order valence-electron chi connectivity index (χ2n) is 5.16. The maximum atomic E-state index is 11.9. The quantitative estimate of drug-likeness (QED) is 0.863. The normalized spacial score (nSPS) is 10.1. The summed E-state index contributed by atoms with van der Waals surface area (Å²) in [4.78, 5) is 23.6.